The molecule has 2 aromatic carbocycles. The third-order valence-electron chi connectivity index (χ3n) is 4.19. The van der Waals surface area contributed by atoms with E-state index in [1.165, 1.54) is 30.2 Å². The molecule has 0 bridgehead atoms. The number of hydrogen-bond donors (Lipinski definition) is 0. The second-order valence-corrected chi connectivity index (χ2v) is 6.86. The summed E-state index contributed by atoms with van der Waals surface area (Å²) in [6, 6.07) is 10.6. The summed E-state index contributed by atoms with van der Waals surface area (Å²) in [5, 5.41) is 3.28. The van der Waals surface area contributed by atoms with Crippen LogP contribution in [0.2, 0.25) is 0 Å². The fraction of sp³-hybridized carbons (Fsp3) is 0.524. The summed E-state index contributed by atoms with van der Waals surface area (Å²) >= 11 is 3.46. The summed E-state index contributed by atoms with van der Waals surface area (Å²) < 4.78 is 12.2. The molecule has 2 rings (SSSR count). The molecule has 0 saturated carbocycles. The van der Waals surface area contributed by atoms with Crippen molar-refractivity contribution in [3.63, 3.8) is 0 Å². The van der Waals surface area contributed by atoms with Gasteiger partial charge in [-0.15, -0.1) is 0 Å². The smallest absolute Gasteiger partial charge is 0.130 e. The van der Waals surface area contributed by atoms with E-state index in [0.29, 0.717) is 0 Å². The van der Waals surface area contributed by atoms with Crippen LogP contribution in [0, 0.1) is 0 Å². The van der Waals surface area contributed by atoms with E-state index in [2.05, 4.69) is 60.1 Å². The Morgan fingerprint density at radius 1 is 0.875 bits per heavy atom. The van der Waals surface area contributed by atoms with Crippen molar-refractivity contribution in [1.82, 2.24) is 0 Å². The first-order valence-electron chi connectivity index (χ1n) is 9.18. The topological polar surface area (TPSA) is 18.5 Å². The Hall–Kier alpha value is -1.22. The van der Waals surface area contributed by atoms with E-state index in [4.69, 9.17) is 9.47 Å². The number of rotatable bonds is 11. The lowest BCUT2D eigenvalue weighted by Crippen LogP contribution is -2.03. The van der Waals surface area contributed by atoms with Crippen molar-refractivity contribution in [3.05, 3.63) is 35.9 Å². The first-order valence-corrected chi connectivity index (χ1v) is 10.3. The Morgan fingerprint density at radius 3 is 2.33 bits per heavy atom. The molecule has 0 saturated heterocycles. The van der Waals surface area contributed by atoms with Gasteiger partial charge in [-0.25, -0.2) is 0 Å². The van der Waals surface area contributed by atoms with Crippen molar-refractivity contribution in [2.45, 2.75) is 52.4 Å². The molecule has 0 unspecified atom stereocenters. The molecular formula is C21H29BrO2. The van der Waals surface area contributed by atoms with Gasteiger partial charge in [0.2, 0.25) is 0 Å². The van der Waals surface area contributed by atoms with Gasteiger partial charge in [0.25, 0.3) is 0 Å². The molecule has 0 spiro atoms. The lowest BCUT2D eigenvalue weighted by Gasteiger charge is -2.17. The third-order valence-corrected chi connectivity index (χ3v) is 4.76. The largest absolute Gasteiger partial charge is 0.493 e. The van der Waals surface area contributed by atoms with E-state index in [-0.39, 0.29) is 0 Å². The van der Waals surface area contributed by atoms with E-state index < -0.39 is 0 Å². The molecule has 0 atom stereocenters. The summed E-state index contributed by atoms with van der Waals surface area (Å²) in [5.74, 6) is 2.01. The lowest BCUT2D eigenvalue weighted by molar-refractivity contribution is 0.303. The number of aryl methyl sites for hydroxylation is 1. The molecule has 0 radical (unpaired) electrons. The van der Waals surface area contributed by atoms with Crippen molar-refractivity contribution in [3.8, 4) is 11.5 Å². The number of benzene rings is 2. The molecule has 0 aliphatic carbocycles. The SMILES string of the molecule is CCCCCCOc1c(CC)cc(OCCCBr)c2ccccc12. The van der Waals surface area contributed by atoms with Gasteiger partial charge in [-0.1, -0.05) is 73.3 Å². The van der Waals surface area contributed by atoms with Gasteiger partial charge in [-0.2, -0.15) is 0 Å². The number of halogens is 1. The molecule has 0 fully saturated rings. The van der Waals surface area contributed by atoms with Crippen LogP contribution in [0.1, 0.15) is 51.5 Å². The first kappa shape index (κ1) is 19.1. The van der Waals surface area contributed by atoms with Gasteiger partial charge < -0.3 is 9.47 Å². The summed E-state index contributed by atoms with van der Waals surface area (Å²) in [6.45, 7) is 5.94. The number of ether oxygens (including phenoxy) is 2. The summed E-state index contributed by atoms with van der Waals surface area (Å²) in [4.78, 5) is 0. The van der Waals surface area contributed by atoms with Crippen LogP contribution in [0.15, 0.2) is 30.3 Å². The fourth-order valence-electron chi connectivity index (χ4n) is 2.86. The Labute approximate surface area is 154 Å². The van der Waals surface area contributed by atoms with Crippen LogP contribution in [0.3, 0.4) is 0 Å². The first-order chi connectivity index (χ1) is 11.8. The predicted molar refractivity (Wildman–Crippen MR) is 107 cm³/mol. The molecule has 0 aliphatic rings. The van der Waals surface area contributed by atoms with Crippen molar-refractivity contribution < 1.29 is 9.47 Å². The van der Waals surface area contributed by atoms with E-state index in [0.717, 1.165) is 54.7 Å². The van der Waals surface area contributed by atoms with Gasteiger partial charge in [0.1, 0.15) is 11.5 Å². The second-order valence-electron chi connectivity index (χ2n) is 6.06. The molecule has 0 aliphatic heterocycles. The molecule has 0 amide bonds. The highest BCUT2D eigenvalue weighted by Gasteiger charge is 2.13. The maximum Gasteiger partial charge on any atom is 0.130 e. The van der Waals surface area contributed by atoms with E-state index in [1.807, 2.05) is 0 Å². The van der Waals surface area contributed by atoms with Gasteiger partial charge in [-0.05, 0) is 30.9 Å². The third kappa shape index (κ3) is 5.14. The Morgan fingerprint density at radius 2 is 1.62 bits per heavy atom. The quantitative estimate of drug-likeness (QED) is 0.319. The normalized spacial score (nSPS) is 11.0. The van der Waals surface area contributed by atoms with Crippen molar-refractivity contribution in [2.24, 2.45) is 0 Å². The highest BCUT2D eigenvalue weighted by molar-refractivity contribution is 9.09. The number of alkyl halides is 1. The standard InChI is InChI=1S/C21H29BrO2/c1-3-5-6-9-14-24-21-17(4-2)16-20(23-15-10-13-22)18-11-7-8-12-19(18)21/h7-8,11-12,16H,3-6,9-10,13-15H2,1-2H3. The van der Waals surface area contributed by atoms with Crippen LogP contribution in [0.25, 0.3) is 10.8 Å². The van der Waals surface area contributed by atoms with Crippen LogP contribution in [-0.4, -0.2) is 18.5 Å². The summed E-state index contributed by atoms with van der Waals surface area (Å²) in [7, 11) is 0. The minimum Gasteiger partial charge on any atom is -0.493 e. The van der Waals surface area contributed by atoms with Crippen molar-refractivity contribution in [1.29, 1.82) is 0 Å². The second kappa shape index (κ2) is 10.6. The van der Waals surface area contributed by atoms with Gasteiger partial charge in [0.15, 0.2) is 0 Å². The average molecular weight is 393 g/mol. The van der Waals surface area contributed by atoms with Crippen molar-refractivity contribution >= 4 is 26.7 Å². The van der Waals surface area contributed by atoms with Crippen LogP contribution >= 0.6 is 15.9 Å². The molecule has 24 heavy (non-hydrogen) atoms. The zero-order valence-electron chi connectivity index (χ0n) is 14.9. The molecule has 0 aromatic heterocycles. The Balaban J connectivity index is 2.24. The Kier molecular flexibility index (Phi) is 8.44. The summed E-state index contributed by atoms with van der Waals surface area (Å²) in [6.07, 6.45) is 6.85. The number of fused-ring (bicyclic) bond motifs is 1. The average Bonchev–Trinajstić information content (AvgIpc) is 2.62. The molecule has 0 N–H and O–H groups in total. The van der Waals surface area contributed by atoms with Gasteiger partial charge in [0, 0.05) is 16.1 Å². The highest BCUT2D eigenvalue weighted by Crippen LogP contribution is 2.37. The van der Waals surface area contributed by atoms with Crippen LogP contribution < -0.4 is 9.47 Å². The maximum atomic E-state index is 6.21. The molecule has 3 heteroatoms. The van der Waals surface area contributed by atoms with Crippen LogP contribution in [0.5, 0.6) is 11.5 Å². The predicted octanol–water partition coefficient (Wildman–Crippen LogP) is 6.53. The minimum atomic E-state index is 0.732. The van der Waals surface area contributed by atoms with Gasteiger partial charge >= 0.3 is 0 Å². The van der Waals surface area contributed by atoms with E-state index in [1.54, 1.807) is 0 Å². The fourth-order valence-corrected chi connectivity index (χ4v) is 3.09. The van der Waals surface area contributed by atoms with E-state index in [9.17, 15) is 0 Å². The zero-order chi connectivity index (χ0) is 17.2. The number of unbranched alkanes of at least 4 members (excludes halogenated alkanes) is 3. The molecule has 2 nitrogen and oxygen atoms in total. The molecule has 0 heterocycles. The molecular weight excluding hydrogens is 364 g/mol. The van der Waals surface area contributed by atoms with Gasteiger partial charge in [-0.3, -0.25) is 0 Å². The zero-order valence-corrected chi connectivity index (χ0v) is 16.5. The van der Waals surface area contributed by atoms with Gasteiger partial charge in [0.05, 0.1) is 13.2 Å². The summed E-state index contributed by atoms with van der Waals surface area (Å²) in [5.41, 5.74) is 1.23. The maximum absolute atomic E-state index is 6.21. The van der Waals surface area contributed by atoms with Crippen molar-refractivity contribution in [2.75, 3.05) is 18.5 Å². The molecule has 132 valence electrons. The number of hydrogen-bond acceptors (Lipinski definition) is 2. The minimum absolute atomic E-state index is 0.732. The lowest BCUT2D eigenvalue weighted by atomic mass is 10.0. The monoisotopic (exact) mass is 392 g/mol. The highest BCUT2D eigenvalue weighted by atomic mass is 79.9. The Bertz CT molecular complexity index is 625. The van der Waals surface area contributed by atoms with Crippen LogP contribution in [-0.2, 0) is 6.42 Å². The van der Waals surface area contributed by atoms with Crippen LogP contribution in [0.4, 0.5) is 0 Å². The molecule has 2 aromatic rings. The van der Waals surface area contributed by atoms with E-state index >= 15 is 0 Å².